The van der Waals surface area contributed by atoms with Gasteiger partial charge in [0.2, 0.25) is 0 Å². The number of rotatable bonds is 4. The van der Waals surface area contributed by atoms with E-state index in [1.165, 1.54) is 30.7 Å². The van der Waals surface area contributed by atoms with E-state index < -0.39 is 12.4 Å². The van der Waals surface area contributed by atoms with E-state index in [0.717, 1.165) is 0 Å². The number of ether oxygens (including phenoxy) is 1. The van der Waals surface area contributed by atoms with Gasteiger partial charge in [-0.05, 0) is 13.1 Å². The number of hydrogen-bond donors (Lipinski definition) is 1. The summed E-state index contributed by atoms with van der Waals surface area (Å²) in [5, 5.41) is 2.91. The Morgan fingerprint density at radius 3 is 2.55 bits per heavy atom. The normalized spacial score (nSPS) is 13.0. The van der Waals surface area contributed by atoms with E-state index in [-0.39, 0.29) is 5.75 Å². The number of halogens is 3. The Labute approximate surface area is 113 Å². The third-order valence-corrected chi connectivity index (χ3v) is 2.62. The highest BCUT2D eigenvalue weighted by atomic mass is 19.4. The van der Waals surface area contributed by atoms with E-state index in [4.69, 9.17) is 0 Å². The first kappa shape index (κ1) is 14.3. The highest BCUT2D eigenvalue weighted by Gasteiger charge is 2.33. The molecule has 2 aromatic rings. The van der Waals surface area contributed by atoms with Crippen molar-refractivity contribution in [2.45, 2.75) is 12.4 Å². The Balaban J connectivity index is 2.40. The maximum atomic E-state index is 12.4. The fraction of sp³-hybridized carbons (Fsp3) is 0.231. The molecule has 1 N–H and O–H groups in total. The summed E-state index contributed by atoms with van der Waals surface area (Å²) in [6, 6.07) is 5.40. The minimum Gasteiger partial charge on any atom is -0.405 e. The number of nitrogens with one attached hydrogen (secondary N) is 1. The fourth-order valence-corrected chi connectivity index (χ4v) is 1.86. The van der Waals surface area contributed by atoms with Gasteiger partial charge in [-0.2, -0.15) is 0 Å². The highest BCUT2D eigenvalue weighted by Crippen LogP contribution is 2.32. The van der Waals surface area contributed by atoms with Gasteiger partial charge in [-0.15, -0.1) is 13.2 Å². The molecule has 1 heterocycles. The smallest absolute Gasteiger partial charge is 0.405 e. The van der Waals surface area contributed by atoms with Crippen LogP contribution < -0.4 is 10.1 Å². The molecule has 106 valence electrons. The topological polar surface area (TPSA) is 47.0 Å². The van der Waals surface area contributed by atoms with Gasteiger partial charge < -0.3 is 10.1 Å². The third-order valence-electron chi connectivity index (χ3n) is 2.62. The van der Waals surface area contributed by atoms with Crippen LogP contribution >= 0.6 is 0 Å². The average Bonchev–Trinajstić information content (AvgIpc) is 2.41. The number of para-hydroxylation sites is 1. The van der Waals surface area contributed by atoms with Gasteiger partial charge in [-0.1, -0.05) is 18.2 Å². The molecule has 0 spiro atoms. The van der Waals surface area contributed by atoms with E-state index >= 15 is 0 Å². The van der Waals surface area contributed by atoms with Gasteiger partial charge in [-0.25, -0.2) is 0 Å². The van der Waals surface area contributed by atoms with E-state index in [1.807, 2.05) is 0 Å². The molecule has 7 heteroatoms. The standard InChI is InChI=1S/C13H12F3N3O/c1-17-12(10-8-18-6-7-19-10)9-4-2-3-5-11(9)20-13(14,15)16/h2-8,12,17H,1H3. The molecule has 1 atom stereocenters. The molecule has 0 radical (unpaired) electrons. The summed E-state index contributed by atoms with van der Waals surface area (Å²) < 4.78 is 41.3. The van der Waals surface area contributed by atoms with Crippen molar-refractivity contribution >= 4 is 0 Å². The molecule has 0 aliphatic heterocycles. The van der Waals surface area contributed by atoms with Crippen molar-refractivity contribution in [2.24, 2.45) is 0 Å². The zero-order valence-electron chi connectivity index (χ0n) is 10.6. The number of nitrogens with zero attached hydrogens (tertiary/aromatic N) is 2. The SMILES string of the molecule is CNC(c1cnccn1)c1ccccc1OC(F)(F)F. The molecule has 0 aliphatic rings. The number of aromatic nitrogens is 2. The van der Waals surface area contributed by atoms with Crippen LogP contribution in [0.3, 0.4) is 0 Å². The predicted octanol–water partition coefficient (Wildman–Crippen LogP) is 2.68. The second-order valence-corrected chi connectivity index (χ2v) is 3.94. The van der Waals surface area contributed by atoms with Crippen molar-refractivity contribution in [3.05, 3.63) is 54.1 Å². The second kappa shape index (κ2) is 5.87. The van der Waals surface area contributed by atoms with E-state index in [0.29, 0.717) is 11.3 Å². The molecule has 0 fully saturated rings. The monoisotopic (exact) mass is 283 g/mol. The highest BCUT2D eigenvalue weighted by molar-refractivity contribution is 5.39. The quantitative estimate of drug-likeness (QED) is 0.937. The summed E-state index contributed by atoms with van der Waals surface area (Å²) in [5.74, 6) is -0.259. The van der Waals surface area contributed by atoms with Crippen LogP contribution in [0.5, 0.6) is 5.75 Å². The maximum absolute atomic E-state index is 12.4. The van der Waals surface area contributed by atoms with Crippen molar-refractivity contribution in [1.29, 1.82) is 0 Å². The Morgan fingerprint density at radius 2 is 1.95 bits per heavy atom. The lowest BCUT2D eigenvalue weighted by atomic mass is 10.0. The molecule has 4 nitrogen and oxygen atoms in total. The molecule has 1 aromatic carbocycles. The Kier molecular flexibility index (Phi) is 4.19. The number of benzene rings is 1. The van der Waals surface area contributed by atoms with Crippen molar-refractivity contribution in [1.82, 2.24) is 15.3 Å². The summed E-state index contributed by atoms with van der Waals surface area (Å²) in [7, 11) is 1.63. The largest absolute Gasteiger partial charge is 0.573 e. The van der Waals surface area contributed by atoms with Gasteiger partial charge >= 0.3 is 6.36 Å². The van der Waals surface area contributed by atoms with Crippen molar-refractivity contribution in [3.63, 3.8) is 0 Å². The van der Waals surface area contributed by atoms with Crippen LogP contribution in [0.4, 0.5) is 13.2 Å². The van der Waals surface area contributed by atoms with Gasteiger partial charge in [-0.3, -0.25) is 9.97 Å². The van der Waals surface area contributed by atoms with Crippen LogP contribution in [0.25, 0.3) is 0 Å². The number of hydrogen-bond acceptors (Lipinski definition) is 4. The summed E-state index contributed by atoms with van der Waals surface area (Å²) in [6.07, 6.45) is -0.274. The summed E-state index contributed by atoms with van der Waals surface area (Å²) >= 11 is 0. The van der Waals surface area contributed by atoms with E-state index in [2.05, 4.69) is 20.0 Å². The second-order valence-electron chi connectivity index (χ2n) is 3.94. The predicted molar refractivity (Wildman–Crippen MR) is 66.1 cm³/mol. The third kappa shape index (κ3) is 3.45. The first-order valence-corrected chi connectivity index (χ1v) is 5.79. The Hall–Kier alpha value is -2.15. The van der Waals surface area contributed by atoms with Crippen molar-refractivity contribution in [2.75, 3.05) is 7.05 Å². The lowest BCUT2D eigenvalue weighted by molar-refractivity contribution is -0.275. The van der Waals surface area contributed by atoms with Gasteiger partial charge in [0.05, 0.1) is 17.9 Å². The molecule has 0 saturated heterocycles. The van der Waals surface area contributed by atoms with Crippen LogP contribution in [-0.2, 0) is 0 Å². The molecular weight excluding hydrogens is 271 g/mol. The van der Waals surface area contributed by atoms with Crippen LogP contribution in [0.1, 0.15) is 17.3 Å². The molecule has 20 heavy (non-hydrogen) atoms. The van der Waals surface area contributed by atoms with Crippen LogP contribution in [0.2, 0.25) is 0 Å². The lowest BCUT2D eigenvalue weighted by Crippen LogP contribution is -2.23. The van der Waals surface area contributed by atoms with Gasteiger partial charge in [0.15, 0.2) is 0 Å². The maximum Gasteiger partial charge on any atom is 0.573 e. The van der Waals surface area contributed by atoms with Gasteiger partial charge in [0.25, 0.3) is 0 Å². The Bertz CT molecular complexity index is 560. The van der Waals surface area contributed by atoms with Crippen LogP contribution in [0.15, 0.2) is 42.9 Å². The lowest BCUT2D eigenvalue weighted by Gasteiger charge is -2.20. The van der Waals surface area contributed by atoms with Crippen LogP contribution in [-0.4, -0.2) is 23.4 Å². The minimum absolute atomic E-state index is 0.259. The van der Waals surface area contributed by atoms with Gasteiger partial charge in [0, 0.05) is 18.0 Å². The molecular formula is C13H12F3N3O. The zero-order chi connectivity index (χ0) is 14.6. The van der Waals surface area contributed by atoms with E-state index in [9.17, 15) is 13.2 Å². The summed E-state index contributed by atoms with van der Waals surface area (Å²) in [4.78, 5) is 8.02. The van der Waals surface area contributed by atoms with Crippen molar-refractivity contribution in [3.8, 4) is 5.75 Å². The molecule has 0 saturated carbocycles. The molecule has 2 rings (SSSR count). The first-order chi connectivity index (χ1) is 9.51. The molecule has 1 unspecified atom stereocenters. The first-order valence-electron chi connectivity index (χ1n) is 5.79. The van der Waals surface area contributed by atoms with Crippen LogP contribution in [0, 0.1) is 0 Å². The fourth-order valence-electron chi connectivity index (χ4n) is 1.86. The molecule has 1 aromatic heterocycles. The summed E-state index contributed by atoms with van der Waals surface area (Å²) in [5.41, 5.74) is 0.848. The Morgan fingerprint density at radius 1 is 1.20 bits per heavy atom. The molecule has 0 aliphatic carbocycles. The zero-order valence-corrected chi connectivity index (χ0v) is 10.6. The summed E-state index contributed by atoms with van der Waals surface area (Å²) in [6.45, 7) is 0. The minimum atomic E-state index is -4.74. The average molecular weight is 283 g/mol. The number of alkyl halides is 3. The van der Waals surface area contributed by atoms with E-state index in [1.54, 1.807) is 19.2 Å². The molecule has 0 amide bonds. The molecule has 0 bridgehead atoms. The van der Waals surface area contributed by atoms with Gasteiger partial charge in [0.1, 0.15) is 5.75 Å². The van der Waals surface area contributed by atoms with Crippen molar-refractivity contribution < 1.29 is 17.9 Å².